The van der Waals surface area contributed by atoms with Crippen LogP contribution in [0.4, 0.5) is 5.69 Å². The molecule has 2 rings (SSSR count). The van der Waals surface area contributed by atoms with E-state index in [0.29, 0.717) is 5.39 Å². The normalized spacial score (nSPS) is 10.7. The summed E-state index contributed by atoms with van der Waals surface area (Å²) in [5, 5.41) is 13.0. The molecule has 0 radical (unpaired) electrons. The molecule has 0 aliphatic rings. The van der Waals surface area contributed by atoms with E-state index in [1.165, 1.54) is 11.3 Å². The quantitative estimate of drug-likeness (QED) is 0.584. The highest BCUT2D eigenvalue weighted by molar-refractivity contribution is 9.10. The molecule has 0 saturated heterocycles. The van der Waals surface area contributed by atoms with Crippen LogP contribution in [0.3, 0.4) is 0 Å². The Kier molecular flexibility index (Phi) is 2.28. The number of rotatable bonds is 1. The van der Waals surface area contributed by atoms with Crippen LogP contribution in [0.15, 0.2) is 22.0 Å². The minimum atomic E-state index is -0.344. The Bertz CT molecular complexity index is 521. The third-order valence-electron chi connectivity index (χ3n) is 2.05. The van der Waals surface area contributed by atoms with E-state index >= 15 is 0 Å². The average Bonchev–Trinajstić information content (AvgIpc) is 2.55. The van der Waals surface area contributed by atoms with Gasteiger partial charge in [-0.05, 0) is 34.5 Å². The lowest BCUT2D eigenvalue weighted by Gasteiger charge is -1.98. The Morgan fingerprint density at radius 2 is 2.21 bits per heavy atom. The maximum atomic E-state index is 10.7. The largest absolute Gasteiger partial charge is 0.288 e. The summed E-state index contributed by atoms with van der Waals surface area (Å²) in [5.41, 5.74) is 1.19. The molecule has 1 aromatic carbocycles. The summed E-state index contributed by atoms with van der Waals surface area (Å²) in [6.07, 6.45) is 0. The monoisotopic (exact) mass is 271 g/mol. The molecule has 0 unspecified atom stereocenters. The van der Waals surface area contributed by atoms with E-state index < -0.39 is 0 Å². The van der Waals surface area contributed by atoms with Crippen molar-refractivity contribution in [1.29, 1.82) is 0 Å². The second-order valence-electron chi connectivity index (χ2n) is 2.95. The zero-order valence-electron chi connectivity index (χ0n) is 7.28. The van der Waals surface area contributed by atoms with E-state index in [4.69, 9.17) is 0 Å². The van der Waals surface area contributed by atoms with E-state index in [2.05, 4.69) is 15.9 Å². The first kappa shape index (κ1) is 9.61. The number of nitrogens with zero attached hydrogens (tertiary/aromatic N) is 1. The van der Waals surface area contributed by atoms with Crippen molar-refractivity contribution in [2.45, 2.75) is 6.92 Å². The van der Waals surface area contributed by atoms with Crippen molar-refractivity contribution >= 4 is 43.0 Å². The Balaban J connectivity index is 2.89. The van der Waals surface area contributed by atoms with Gasteiger partial charge >= 0.3 is 0 Å². The molecule has 0 spiro atoms. The molecule has 14 heavy (non-hydrogen) atoms. The Morgan fingerprint density at radius 3 is 2.86 bits per heavy atom. The van der Waals surface area contributed by atoms with Gasteiger partial charge in [0.15, 0.2) is 0 Å². The zero-order valence-corrected chi connectivity index (χ0v) is 9.68. The predicted octanol–water partition coefficient (Wildman–Crippen LogP) is 3.88. The number of halogens is 1. The molecular weight excluding hydrogens is 266 g/mol. The second-order valence-corrected chi connectivity index (χ2v) is 4.65. The second kappa shape index (κ2) is 3.33. The van der Waals surface area contributed by atoms with Crippen molar-refractivity contribution in [2.24, 2.45) is 0 Å². The van der Waals surface area contributed by atoms with E-state index in [-0.39, 0.29) is 10.6 Å². The lowest BCUT2D eigenvalue weighted by Crippen LogP contribution is -1.86. The molecule has 0 fully saturated rings. The van der Waals surface area contributed by atoms with Crippen LogP contribution in [0.25, 0.3) is 10.1 Å². The smallest absolute Gasteiger partial charge is 0.258 e. The first-order chi connectivity index (χ1) is 6.61. The van der Waals surface area contributed by atoms with E-state index in [1.54, 1.807) is 5.38 Å². The van der Waals surface area contributed by atoms with Gasteiger partial charge in [0.25, 0.3) is 5.69 Å². The molecule has 0 saturated carbocycles. The Hall–Kier alpha value is -0.940. The van der Waals surface area contributed by atoms with Crippen molar-refractivity contribution in [2.75, 3.05) is 0 Å². The maximum Gasteiger partial charge on any atom is 0.288 e. The highest BCUT2D eigenvalue weighted by Crippen LogP contribution is 2.38. The summed E-state index contributed by atoms with van der Waals surface area (Å²) >= 11 is 4.77. The molecule has 0 aliphatic heterocycles. The Morgan fingerprint density at radius 1 is 1.50 bits per heavy atom. The third-order valence-corrected chi connectivity index (χ3v) is 4.00. The molecule has 2 aromatic rings. The van der Waals surface area contributed by atoms with Gasteiger partial charge < -0.3 is 0 Å². The molecule has 1 heterocycles. The van der Waals surface area contributed by atoms with Crippen LogP contribution in [0.2, 0.25) is 0 Å². The minimum absolute atomic E-state index is 0.181. The number of hydrogen-bond acceptors (Lipinski definition) is 3. The summed E-state index contributed by atoms with van der Waals surface area (Å²) in [5.74, 6) is 0. The number of hydrogen-bond donors (Lipinski definition) is 0. The molecular formula is C9H6BrNO2S. The van der Waals surface area contributed by atoms with Crippen LogP contribution in [-0.2, 0) is 0 Å². The topological polar surface area (TPSA) is 43.1 Å². The first-order valence-corrected chi connectivity index (χ1v) is 5.59. The molecule has 0 bridgehead atoms. The highest BCUT2D eigenvalue weighted by atomic mass is 79.9. The van der Waals surface area contributed by atoms with Gasteiger partial charge in [0, 0.05) is 9.17 Å². The van der Waals surface area contributed by atoms with E-state index in [1.807, 2.05) is 19.1 Å². The molecule has 0 aliphatic carbocycles. The first-order valence-electron chi connectivity index (χ1n) is 3.92. The zero-order chi connectivity index (χ0) is 10.3. The Labute approximate surface area is 92.6 Å². The van der Waals surface area contributed by atoms with Gasteiger partial charge in [0.2, 0.25) is 0 Å². The summed E-state index contributed by atoms with van der Waals surface area (Å²) in [7, 11) is 0. The molecule has 5 heteroatoms. The van der Waals surface area contributed by atoms with Crippen molar-refractivity contribution < 1.29 is 4.92 Å². The molecule has 0 atom stereocenters. The fraction of sp³-hybridized carbons (Fsp3) is 0.111. The van der Waals surface area contributed by atoms with E-state index in [9.17, 15) is 10.1 Å². The number of thiophene rings is 1. The van der Waals surface area contributed by atoms with Crippen molar-refractivity contribution in [1.82, 2.24) is 0 Å². The van der Waals surface area contributed by atoms with Crippen LogP contribution < -0.4 is 0 Å². The minimum Gasteiger partial charge on any atom is -0.258 e. The lowest BCUT2D eigenvalue weighted by atomic mass is 10.2. The van der Waals surface area contributed by atoms with Crippen molar-refractivity contribution in [3.8, 4) is 0 Å². The molecule has 0 amide bonds. The van der Waals surface area contributed by atoms with Gasteiger partial charge in [-0.15, -0.1) is 11.3 Å². The standard InChI is InChI=1S/C9H6BrNO2S/c1-5-2-3-7-8(9(5)10)6(4-14-7)11(12)13/h2-4H,1H3. The number of benzene rings is 1. The fourth-order valence-electron chi connectivity index (χ4n) is 1.31. The summed E-state index contributed by atoms with van der Waals surface area (Å²) < 4.78 is 1.76. The van der Waals surface area contributed by atoms with Gasteiger partial charge in [0.1, 0.15) is 0 Å². The molecule has 0 N–H and O–H groups in total. The number of fused-ring (bicyclic) bond motifs is 1. The summed E-state index contributed by atoms with van der Waals surface area (Å²) in [6, 6.07) is 3.86. The van der Waals surface area contributed by atoms with Gasteiger partial charge in [-0.1, -0.05) is 6.07 Å². The molecule has 3 nitrogen and oxygen atoms in total. The number of aryl methyl sites for hydroxylation is 1. The highest BCUT2D eigenvalue weighted by Gasteiger charge is 2.17. The SMILES string of the molecule is Cc1ccc2scc([N+](=O)[O-])c2c1Br. The van der Waals surface area contributed by atoms with Crippen LogP contribution in [0.5, 0.6) is 0 Å². The van der Waals surface area contributed by atoms with Gasteiger partial charge in [0.05, 0.1) is 15.7 Å². The maximum absolute atomic E-state index is 10.7. The van der Waals surface area contributed by atoms with Crippen LogP contribution >= 0.6 is 27.3 Å². The van der Waals surface area contributed by atoms with Crippen molar-refractivity contribution in [3.05, 3.63) is 37.7 Å². The van der Waals surface area contributed by atoms with Gasteiger partial charge in [-0.25, -0.2) is 0 Å². The summed E-state index contributed by atoms with van der Waals surface area (Å²) in [6.45, 7) is 1.92. The lowest BCUT2D eigenvalue weighted by molar-refractivity contribution is -0.382. The fourth-order valence-corrected chi connectivity index (χ4v) is 2.91. The van der Waals surface area contributed by atoms with Gasteiger partial charge in [-0.2, -0.15) is 0 Å². The summed E-state index contributed by atoms with van der Waals surface area (Å²) in [4.78, 5) is 10.4. The molecule has 1 aromatic heterocycles. The molecule has 72 valence electrons. The third kappa shape index (κ3) is 1.33. The number of nitro groups is 1. The average molecular weight is 272 g/mol. The van der Waals surface area contributed by atoms with Crippen LogP contribution in [0.1, 0.15) is 5.56 Å². The van der Waals surface area contributed by atoms with Crippen LogP contribution in [-0.4, -0.2) is 4.92 Å². The van der Waals surface area contributed by atoms with Gasteiger partial charge in [-0.3, -0.25) is 10.1 Å². The van der Waals surface area contributed by atoms with Crippen LogP contribution in [0, 0.1) is 17.0 Å². The van der Waals surface area contributed by atoms with Crippen molar-refractivity contribution in [3.63, 3.8) is 0 Å². The van der Waals surface area contributed by atoms with E-state index in [0.717, 1.165) is 14.7 Å². The predicted molar refractivity (Wildman–Crippen MR) is 60.9 cm³/mol.